The molecule has 2 bridgehead atoms. The Morgan fingerprint density at radius 1 is 1.19 bits per heavy atom. The van der Waals surface area contributed by atoms with Crippen LogP contribution in [0.4, 0.5) is 13.2 Å². The fraction of sp³-hybridized carbons (Fsp3) is 0.611. The molecule has 0 radical (unpaired) electrons. The van der Waals surface area contributed by atoms with Gasteiger partial charge in [0, 0.05) is 18.4 Å². The third-order valence-corrected chi connectivity index (χ3v) is 7.81. The minimum Gasteiger partial charge on any atom is -0.299 e. The first kappa shape index (κ1) is 19.4. The standard InChI is InChI=1S/C18H22F3NO3S/c1-16(2)14-7-8-17(16,15(23)9-14)11-26(24,25)22-10-12-3-5-13(6-4-12)18(19,20)21/h3-6,14,22H,7-11H2,1-2H3/t14-,17+/m0/s1. The van der Waals surface area contributed by atoms with Gasteiger partial charge < -0.3 is 0 Å². The molecule has 0 amide bonds. The zero-order valence-electron chi connectivity index (χ0n) is 14.7. The number of hydrogen-bond donors (Lipinski definition) is 1. The van der Waals surface area contributed by atoms with Crippen molar-refractivity contribution in [3.8, 4) is 0 Å². The van der Waals surface area contributed by atoms with Gasteiger partial charge in [-0.05, 0) is 41.9 Å². The number of Topliss-reactive ketones (excluding diaryl/α,β-unsaturated/α-hetero) is 1. The number of benzene rings is 1. The van der Waals surface area contributed by atoms with Crippen LogP contribution in [0.1, 0.15) is 44.2 Å². The lowest BCUT2D eigenvalue weighted by Crippen LogP contribution is -2.45. The maximum atomic E-state index is 12.6. The largest absolute Gasteiger partial charge is 0.416 e. The molecule has 2 atom stereocenters. The van der Waals surface area contributed by atoms with Crippen molar-refractivity contribution in [1.82, 2.24) is 4.72 Å². The molecule has 3 rings (SSSR count). The predicted octanol–water partition coefficient (Wildman–Crippen LogP) is 3.52. The molecule has 0 unspecified atom stereocenters. The zero-order valence-corrected chi connectivity index (χ0v) is 15.5. The Hall–Kier alpha value is -1.41. The van der Waals surface area contributed by atoms with E-state index in [2.05, 4.69) is 4.72 Å². The van der Waals surface area contributed by atoms with Crippen molar-refractivity contribution in [2.75, 3.05) is 5.75 Å². The van der Waals surface area contributed by atoms with Crippen LogP contribution in [-0.4, -0.2) is 20.0 Å². The molecular weight excluding hydrogens is 367 g/mol. The molecule has 2 saturated carbocycles. The van der Waals surface area contributed by atoms with Crippen LogP contribution < -0.4 is 4.72 Å². The normalized spacial score (nSPS) is 27.9. The average molecular weight is 389 g/mol. The summed E-state index contributed by atoms with van der Waals surface area (Å²) in [6.45, 7) is 3.82. The van der Waals surface area contributed by atoms with E-state index in [0.29, 0.717) is 18.4 Å². The van der Waals surface area contributed by atoms with Gasteiger partial charge in [0.2, 0.25) is 10.0 Å². The quantitative estimate of drug-likeness (QED) is 0.838. The van der Waals surface area contributed by atoms with Gasteiger partial charge in [-0.25, -0.2) is 13.1 Å². The number of carbonyl (C=O) groups is 1. The summed E-state index contributed by atoms with van der Waals surface area (Å²) in [6.07, 6.45) is -2.57. The van der Waals surface area contributed by atoms with Gasteiger partial charge in [0.25, 0.3) is 0 Å². The molecule has 1 N–H and O–H groups in total. The number of carbonyl (C=O) groups excluding carboxylic acids is 1. The van der Waals surface area contributed by atoms with Gasteiger partial charge in [-0.15, -0.1) is 0 Å². The van der Waals surface area contributed by atoms with Gasteiger partial charge in [-0.1, -0.05) is 26.0 Å². The maximum Gasteiger partial charge on any atom is 0.416 e. The summed E-state index contributed by atoms with van der Waals surface area (Å²) >= 11 is 0. The van der Waals surface area contributed by atoms with Gasteiger partial charge >= 0.3 is 6.18 Å². The molecule has 2 aliphatic carbocycles. The lowest BCUT2D eigenvalue weighted by atomic mass is 9.70. The Labute approximate surface area is 151 Å². The summed E-state index contributed by atoms with van der Waals surface area (Å²) in [7, 11) is -3.74. The highest BCUT2D eigenvalue weighted by molar-refractivity contribution is 7.89. The Morgan fingerprint density at radius 3 is 2.27 bits per heavy atom. The number of hydrogen-bond acceptors (Lipinski definition) is 3. The van der Waals surface area contributed by atoms with Crippen LogP contribution in [0.5, 0.6) is 0 Å². The Balaban J connectivity index is 1.69. The van der Waals surface area contributed by atoms with Crippen LogP contribution >= 0.6 is 0 Å². The van der Waals surface area contributed by atoms with E-state index < -0.39 is 27.2 Å². The molecular formula is C18H22F3NO3S. The van der Waals surface area contributed by atoms with Gasteiger partial charge in [0.1, 0.15) is 5.78 Å². The Morgan fingerprint density at radius 2 is 1.81 bits per heavy atom. The molecule has 1 aromatic carbocycles. The number of sulfonamides is 1. The summed E-state index contributed by atoms with van der Waals surface area (Å²) in [5.74, 6) is -0.0260. The molecule has 1 aromatic rings. The van der Waals surface area contributed by atoms with E-state index >= 15 is 0 Å². The SMILES string of the molecule is CC1(C)[C@H]2CC[C@@]1(CS(=O)(=O)NCc1ccc(C(F)(F)F)cc1)C(=O)C2. The van der Waals surface area contributed by atoms with E-state index in [9.17, 15) is 26.4 Å². The van der Waals surface area contributed by atoms with Crippen molar-refractivity contribution in [2.45, 2.75) is 45.8 Å². The highest BCUT2D eigenvalue weighted by atomic mass is 32.2. The Kier molecular flexibility index (Phi) is 4.51. The minimum atomic E-state index is -4.43. The summed E-state index contributed by atoms with van der Waals surface area (Å²) in [6, 6.07) is 4.35. The van der Waals surface area contributed by atoms with E-state index in [1.807, 2.05) is 13.8 Å². The fourth-order valence-corrected chi connectivity index (χ4v) is 6.30. The second kappa shape index (κ2) is 6.05. The molecule has 144 valence electrons. The van der Waals surface area contributed by atoms with Crippen molar-refractivity contribution in [3.05, 3.63) is 35.4 Å². The number of ketones is 1. The fourth-order valence-electron chi connectivity index (χ4n) is 4.49. The van der Waals surface area contributed by atoms with Crippen molar-refractivity contribution in [3.63, 3.8) is 0 Å². The summed E-state index contributed by atoms with van der Waals surface area (Å²) < 4.78 is 65.3. The number of halogens is 3. The van der Waals surface area contributed by atoms with Gasteiger partial charge in [0.15, 0.2) is 0 Å². The highest BCUT2D eigenvalue weighted by Gasteiger charge is 2.65. The van der Waals surface area contributed by atoms with Crippen molar-refractivity contribution >= 4 is 15.8 Å². The molecule has 0 spiro atoms. The number of rotatable bonds is 5. The number of fused-ring (bicyclic) bond motifs is 2. The zero-order chi connectivity index (χ0) is 19.4. The van der Waals surface area contributed by atoms with E-state index in [1.54, 1.807) is 0 Å². The first-order valence-corrected chi connectivity index (χ1v) is 10.2. The van der Waals surface area contributed by atoms with Gasteiger partial charge in [-0.2, -0.15) is 13.2 Å². The smallest absolute Gasteiger partial charge is 0.299 e. The lowest BCUT2D eigenvalue weighted by molar-refractivity contribution is -0.137. The van der Waals surface area contributed by atoms with Gasteiger partial charge in [-0.3, -0.25) is 4.79 Å². The van der Waals surface area contributed by atoms with E-state index in [0.717, 1.165) is 18.6 Å². The molecule has 2 fully saturated rings. The monoisotopic (exact) mass is 389 g/mol. The Bertz CT molecular complexity index is 815. The molecule has 26 heavy (non-hydrogen) atoms. The molecule has 0 aromatic heterocycles. The van der Waals surface area contributed by atoms with E-state index in [-0.39, 0.29) is 29.4 Å². The van der Waals surface area contributed by atoms with Crippen molar-refractivity contribution in [1.29, 1.82) is 0 Å². The predicted molar refractivity (Wildman–Crippen MR) is 90.6 cm³/mol. The summed E-state index contributed by atoms with van der Waals surface area (Å²) in [5.41, 5.74) is -1.56. The van der Waals surface area contributed by atoms with Crippen LogP contribution in [0.25, 0.3) is 0 Å². The van der Waals surface area contributed by atoms with E-state index in [1.165, 1.54) is 12.1 Å². The van der Waals surface area contributed by atoms with Crippen molar-refractivity contribution in [2.24, 2.45) is 16.7 Å². The van der Waals surface area contributed by atoms with Crippen molar-refractivity contribution < 1.29 is 26.4 Å². The third-order valence-electron chi connectivity index (χ3n) is 6.35. The van der Waals surface area contributed by atoms with Crippen LogP contribution in [0, 0.1) is 16.7 Å². The topological polar surface area (TPSA) is 63.2 Å². The lowest BCUT2D eigenvalue weighted by Gasteiger charge is -2.36. The molecule has 0 aliphatic heterocycles. The molecule has 2 aliphatic rings. The first-order valence-electron chi connectivity index (χ1n) is 8.54. The highest BCUT2D eigenvalue weighted by Crippen LogP contribution is 2.64. The van der Waals surface area contributed by atoms with Gasteiger partial charge in [0.05, 0.1) is 11.3 Å². The summed E-state index contributed by atoms with van der Waals surface area (Å²) in [5, 5.41) is 0. The molecule has 8 heteroatoms. The van der Waals surface area contributed by atoms with Crippen LogP contribution in [0.2, 0.25) is 0 Å². The number of alkyl halides is 3. The molecule has 4 nitrogen and oxygen atoms in total. The van der Waals surface area contributed by atoms with E-state index in [4.69, 9.17) is 0 Å². The first-order chi connectivity index (χ1) is 11.9. The second-order valence-corrected chi connectivity index (χ2v) is 9.75. The molecule has 0 saturated heterocycles. The maximum absolute atomic E-state index is 12.6. The number of nitrogens with one attached hydrogen (secondary N) is 1. The minimum absolute atomic E-state index is 0.0126. The van der Waals surface area contributed by atoms with Crippen LogP contribution in [-0.2, 0) is 27.5 Å². The van der Waals surface area contributed by atoms with Crippen LogP contribution in [0.15, 0.2) is 24.3 Å². The second-order valence-electron chi connectivity index (χ2n) is 7.94. The summed E-state index contributed by atoms with van der Waals surface area (Å²) in [4.78, 5) is 12.5. The molecule has 0 heterocycles. The third kappa shape index (κ3) is 3.17. The average Bonchev–Trinajstić information content (AvgIpc) is 2.86. The van der Waals surface area contributed by atoms with Crippen LogP contribution in [0.3, 0.4) is 0 Å².